The van der Waals surface area contributed by atoms with Gasteiger partial charge >= 0.3 is 0 Å². The maximum absolute atomic E-state index is 11.9. The quantitative estimate of drug-likeness (QED) is 0.726. The molecule has 0 aromatic carbocycles. The maximum Gasteiger partial charge on any atom is 0.260 e. The number of hydrogen-bond donors (Lipinski definition) is 2. The van der Waals surface area contributed by atoms with E-state index in [1.165, 1.54) is 10.9 Å². The molecule has 0 fully saturated rings. The molecule has 7 heteroatoms. The molecule has 0 aliphatic heterocycles. The number of hydrogen-bond acceptors (Lipinski definition) is 4. The van der Waals surface area contributed by atoms with E-state index in [4.69, 9.17) is 5.73 Å². The lowest BCUT2D eigenvalue weighted by molar-refractivity contribution is 0.553. The van der Waals surface area contributed by atoms with Crippen molar-refractivity contribution in [1.29, 1.82) is 0 Å². The lowest BCUT2D eigenvalue weighted by atomic mass is 10.3. The van der Waals surface area contributed by atoms with Crippen molar-refractivity contribution in [3.63, 3.8) is 0 Å². The highest BCUT2D eigenvalue weighted by Gasteiger charge is 2.23. The zero-order valence-electron chi connectivity index (χ0n) is 9.34. The van der Waals surface area contributed by atoms with Gasteiger partial charge in [-0.25, -0.2) is 18.1 Å². The summed E-state index contributed by atoms with van der Waals surface area (Å²) in [6.45, 7) is 5.31. The van der Waals surface area contributed by atoms with E-state index < -0.39 is 10.0 Å². The van der Waals surface area contributed by atoms with Crippen LogP contribution in [-0.4, -0.2) is 24.0 Å². The minimum Gasteiger partial charge on any atom is -0.381 e. The van der Waals surface area contributed by atoms with E-state index in [1.807, 2.05) is 0 Å². The standard InChI is InChI=1S/C9H16N4O2S/c1-4-5-7(2)12-16(14,15)9-8(10)11-6-13(9)3/h4,6-7,12H,1,5,10H2,2-3H3. The number of nitrogen functional groups attached to an aromatic ring is 1. The number of imidazole rings is 1. The van der Waals surface area contributed by atoms with Gasteiger partial charge in [-0.2, -0.15) is 0 Å². The Kier molecular flexibility index (Phi) is 3.71. The van der Waals surface area contributed by atoms with E-state index in [-0.39, 0.29) is 16.9 Å². The highest BCUT2D eigenvalue weighted by atomic mass is 32.2. The number of nitrogens with one attached hydrogen (secondary N) is 1. The van der Waals surface area contributed by atoms with Gasteiger partial charge in [-0.3, -0.25) is 0 Å². The van der Waals surface area contributed by atoms with Gasteiger partial charge in [0.2, 0.25) is 0 Å². The molecule has 1 atom stereocenters. The summed E-state index contributed by atoms with van der Waals surface area (Å²) in [6.07, 6.45) is 3.57. The topological polar surface area (TPSA) is 90.0 Å². The van der Waals surface area contributed by atoms with E-state index in [2.05, 4.69) is 16.3 Å². The van der Waals surface area contributed by atoms with E-state index >= 15 is 0 Å². The molecule has 0 saturated carbocycles. The van der Waals surface area contributed by atoms with E-state index in [1.54, 1.807) is 20.0 Å². The first-order valence-electron chi connectivity index (χ1n) is 4.78. The molecule has 0 aliphatic carbocycles. The number of sulfonamides is 1. The van der Waals surface area contributed by atoms with Crippen molar-refractivity contribution in [3.8, 4) is 0 Å². The molecule has 0 aliphatic rings. The molecule has 1 heterocycles. The van der Waals surface area contributed by atoms with Crippen molar-refractivity contribution in [3.05, 3.63) is 19.0 Å². The van der Waals surface area contributed by atoms with Crippen LogP contribution in [0.15, 0.2) is 24.0 Å². The number of nitrogens with two attached hydrogens (primary N) is 1. The zero-order valence-corrected chi connectivity index (χ0v) is 10.2. The minimum atomic E-state index is -3.62. The molecule has 90 valence electrons. The first-order chi connectivity index (χ1) is 7.38. The van der Waals surface area contributed by atoms with Gasteiger partial charge in [0.25, 0.3) is 10.0 Å². The maximum atomic E-state index is 11.9. The van der Waals surface area contributed by atoms with Crippen LogP contribution in [0.1, 0.15) is 13.3 Å². The fraction of sp³-hybridized carbons (Fsp3) is 0.444. The Morgan fingerprint density at radius 1 is 1.75 bits per heavy atom. The van der Waals surface area contributed by atoms with Crippen molar-refractivity contribution >= 4 is 15.8 Å². The van der Waals surface area contributed by atoms with Gasteiger partial charge in [-0.05, 0) is 13.3 Å². The first kappa shape index (κ1) is 12.7. The monoisotopic (exact) mass is 244 g/mol. The first-order valence-corrected chi connectivity index (χ1v) is 6.27. The Hall–Kier alpha value is -1.34. The summed E-state index contributed by atoms with van der Waals surface area (Å²) in [5, 5.41) is -0.0107. The summed E-state index contributed by atoms with van der Waals surface area (Å²) in [7, 11) is -2.04. The molecule has 1 unspecified atom stereocenters. The summed E-state index contributed by atoms with van der Waals surface area (Å²) in [4.78, 5) is 3.74. The third kappa shape index (κ3) is 2.61. The Bertz CT molecular complexity index is 458. The molecule has 0 radical (unpaired) electrons. The second-order valence-corrected chi connectivity index (χ2v) is 5.22. The summed E-state index contributed by atoms with van der Waals surface area (Å²) >= 11 is 0. The summed E-state index contributed by atoms with van der Waals surface area (Å²) in [6, 6.07) is -0.225. The van der Waals surface area contributed by atoms with Crippen LogP contribution in [0.25, 0.3) is 0 Å². The average Bonchev–Trinajstić information content (AvgIpc) is 2.45. The van der Waals surface area contributed by atoms with Crippen molar-refractivity contribution in [2.45, 2.75) is 24.4 Å². The molecular formula is C9H16N4O2S. The molecule has 1 aromatic rings. The molecule has 0 saturated heterocycles. The normalized spacial score (nSPS) is 13.6. The number of rotatable bonds is 5. The molecule has 0 bridgehead atoms. The molecule has 16 heavy (non-hydrogen) atoms. The SMILES string of the molecule is C=CCC(C)NS(=O)(=O)c1c(N)ncn1C. The van der Waals surface area contributed by atoms with Crippen LogP contribution in [0.3, 0.4) is 0 Å². The lowest BCUT2D eigenvalue weighted by Crippen LogP contribution is -2.33. The van der Waals surface area contributed by atoms with Gasteiger partial charge < -0.3 is 10.3 Å². The minimum absolute atomic E-state index is 0.000744. The van der Waals surface area contributed by atoms with Crippen molar-refractivity contribution < 1.29 is 8.42 Å². The highest BCUT2D eigenvalue weighted by Crippen LogP contribution is 2.15. The van der Waals surface area contributed by atoms with Crippen LogP contribution in [0, 0.1) is 0 Å². The summed E-state index contributed by atoms with van der Waals surface area (Å²) < 4.78 is 27.7. The Labute approximate surface area is 95.2 Å². The van der Waals surface area contributed by atoms with Gasteiger partial charge in [-0.15, -0.1) is 6.58 Å². The smallest absolute Gasteiger partial charge is 0.260 e. The highest BCUT2D eigenvalue weighted by molar-refractivity contribution is 7.89. The lowest BCUT2D eigenvalue weighted by Gasteiger charge is -2.12. The van der Waals surface area contributed by atoms with Gasteiger partial charge in [0.1, 0.15) is 0 Å². The predicted molar refractivity (Wildman–Crippen MR) is 62.2 cm³/mol. The molecule has 1 aromatic heterocycles. The Balaban J connectivity index is 2.99. The average molecular weight is 244 g/mol. The van der Waals surface area contributed by atoms with Crippen LogP contribution >= 0.6 is 0 Å². The Morgan fingerprint density at radius 2 is 2.38 bits per heavy atom. The number of nitrogens with zero attached hydrogens (tertiary/aromatic N) is 2. The van der Waals surface area contributed by atoms with E-state index in [0.717, 1.165) is 0 Å². The molecule has 6 nitrogen and oxygen atoms in total. The fourth-order valence-electron chi connectivity index (χ4n) is 1.38. The van der Waals surface area contributed by atoms with Gasteiger partial charge in [0, 0.05) is 13.1 Å². The van der Waals surface area contributed by atoms with Crippen molar-refractivity contribution in [1.82, 2.24) is 14.3 Å². The molecule has 3 N–H and O–H groups in total. The predicted octanol–water partition coefficient (Wildman–Crippen LogP) is 0.245. The second kappa shape index (κ2) is 4.67. The summed E-state index contributed by atoms with van der Waals surface area (Å²) in [5.74, 6) is 0.000744. The van der Waals surface area contributed by atoms with Crippen molar-refractivity contribution in [2.24, 2.45) is 7.05 Å². The van der Waals surface area contributed by atoms with E-state index in [0.29, 0.717) is 6.42 Å². The Morgan fingerprint density at radius 3 is 2.81 bits per heavy atom. The van der Waals surface area contributed by atoms with Crippen LogP contribution < -0.4 is 10.5 Å². The molecular weight excluding hydrogens is 228 g/mol. The van der Waals surface area contributed by atoms with Crippen LogP contribution in [0.5, 0.6) is 0 Å². The third-order valence-corrected chi connectivity index (χ3v) is 3.76. The molecule has 1 rings (SSSR count). The van der Waals surface area contributed by atoms with E-state index in [9.17, 15) is 8.42 Å². The van der Waals surface area contributed by atoms with Gasteiger partial charge in [0.05, 0.1) is 6.33 Å². The number of aryl methyl sites for hydroxylation is 1. The largest absolute Gasteiger partial charge is 0.381 e. The van der Waals surface area contributed by atoms with Crippen LogP contribution in [0.4, 0.5) is 5.82 Å². The van der Waals surface area contributed by atoms with Crippen LogP contribution in [-0.2, 0) is 17.1 Å². The molecule has 0 spiro atoms. The fourth-order valence-corrected chi connectivity index (χ4v) is 2.88. The van der Waals surface area contributed by atoms with Gasteiger partial charge in [0.15, 0.2) is 10.8 Å². The van der Waals surface area contributed by atoms with Crippen LogP contribution in [0.2, 0.25) is 0 Å². The zero-order chi connectivity index (χ0) is 12.3. The molecule has 0 amide bonds. The number of aromatic nitrogens is 2. The van der Waals surface area contributed by atoms with Gasteiger partial charge in [-0.1, -0.05) is 6.08 Å². The summed E-state index contributed by atoms with van der Waals surface area (Å²) in [5.41, 5.74) is 5.51. The number of anilines is 1. The second-order valence-electron chi connectivity index (χ2n) is 3.59. The third-order valence-electron chi connectivity index (χ3n) is 2.04. The van der Waals surface area contributed by atoms with Crippen molar-refractivity contribution in [2.75, 3.05) is 5.73 Å².